The summed E-state index contributed by atoms with van der Waals surface area (Å²) in [6.07, 6.45) is 0. The molecule has 0 aliphatic rings. The maximum Gasteiger partial charge on any atom is 0.334 e. The smallest absolute Gasteiger partial charge is 0.334 e. The number of rotatable bonds is 5. The van der Waals surface area contributed by atoms with Gasteiger partial charge in [-0.05, 0) is 32.4 Å². The molecule has 2 aromatic rings. The number of hydrogen-bond donors (Lipinski definition) is 3. The Hall–Kier alpha value is -2.88. The van der Waals surface area contributed by atoms with Crippen molar-refractivity contribution in [3.05, 3.63) is 60.7 Å². The number of hydrogen-bond acceptors (Lipinski definition) is 5. The molecule has 0 spiro atoms. The number of aliphatic carboxylic acids is 1. The summed E-state index contributed by atoms with van der Waals surface area (Å²) in [5, 5.41) is 21.3. The minimum Gasteiger partial charge on any atom is -0.494 e. The van der Waals surface area contributed by atoms with E-state index >= 15 is 0 Å². The number of amides is 1. The highest BCUT2D eigenvalue weighted by Crippen LogP contribution is 2.20. The van der Waals surface area contributed by atoms with Gasteiger partial charge < -0.3 is 15.5 Å². The number of nitrogens with zero attached hydrogens (tertiary/aromatic N) is 2. The summed E-state index contributed by atoms with van der Waals surface area (Å²) < 4.78 is 2.44. The molecular formula is C18H20BrN3O6. The first-order chi connectivity index (χ1) is 12.9. The largest absolute Gasteiger partial charge is 0.494 e. The molecule has 0 aliphatic heterocycles. The van der Waals surface area contributed by atoms with Crippen LogP contribution in [-0.4, -0.2) is 37.8 Å². The minimum atomic E-state index is -1.31. The van der Waals surface area contributed by atoms with Gasteiger partial charge in [0.25, 0.3) is 11.5 Å². The van der Waals surface area contributed by atoms with Crippen molar-refractivity contribution in [2.75, 3.05) is 6.54 Å². The van der Waals surface area contributed by atoms with Gasteiger partial charge in [0.2, 0.25) is 5.88 Å². The van der Waals surface area contributed by atoms with E-state index in [-0.39, 0.29) is 6.54 Å². The first kappa shape index (κ1) is 21.4. The molecule has 28 heavy (non-hydrogen) atoms. The summed E-state index contributed by atoms with van der Waals surface area (Å²) in [7, 11) is 0. The molecule has 0 saturated heterocycles. The van der Waals surface area contributed by atoms with E-state index in [1.807, 2.05) is 5.32 Å². The van der Waals surface area contributed by atoms with Gasteiger partial charge in [0.15, 0.2) is 5.56 Å². The van der Waals surface area contributed by atoms with Gasteiger partial charge in [-0.2, -0.15) is 0 Å². The van der Waals surface area contributed by atoms with E-state index in [2.05, 4.69) is 15.9 Å². The van der Waals surface area contributed by atoms with Crippen molar-refractivity contribution in [1.82, 2.24) is 14.5 Å². The average molecular weight is 454 g/mol. The van der Waals surface area contributed by atoms with E-state index in [0.717, 1.165) is 9.13 Å². The second kappa shape index (κ2) is 8.01. The molecule has 0 atom stereocenters. The first-order valence-electron chi connectivity index (χ1n) is 8.27. The summed E-state index contributed by atoms with van der Waals surface area (Å²) >= 11 is 3.35. The first-order valence-corrected chi connectivity index (χ1v) is 9.07. The van der Waals surface area contributed by atoms with E-state index in [0.29, 0.717) is 10.0 Å². The monoisotopic (exact) mass is 453 g/mol. The van der Waals surface area contributed by atoms with Crippen molar-refractivity contribution in [1.29, 1.82) is 0 Å². The van der Waals surface area contributed by atoms with E-state index in [1.165, 1.54) is 0 Å². The third kappa shape index (κ3) is 4.33. The van der Waals surface area contributed by atoms with Gasteiger partial charge in [0.05, 0.1) is 6.54 Å². The van der Waals surface area contributed by atoms with Gasteiger partial charge in [0.1, 0.15) is 6.54 Å². The molecule has 3 N–H and O–H groups in total. The summed E-state index contributed by atoms with van der Waals surface area (Å²) in [5.74, 6) is -3.22. The van der Waals surface area contributed by atoms with E-state index in [4.69, 9.17) is 5.11 Å². The fraction of sp³-hybridized carbons (Fsp3) is 0.333. The number of carboxylic acid groups (broad SMARTS) is 1. The Bertz CT molecular complexity index is 1050. The highest BCUT2D eigenvalue weighted by atomic mass is 79.9. The second-order valence-corrected chi connectivity index (χ2v) is 7.90. The number of carbonyl (C=O) groups excluding carboxylic acids is 1. The maximum atomic E-state index is 12.9. The highest BCUT2D eigenvalue weighted by Gasteiger charge is 2.29. The van der Waals surface area contributed by atoms with Gasteiger partial charge in [-0.25, -0.2) is 4.79 Å². The lowest BCUT2D eigenvalue weighted by molar-refractivity contribution is -0.135. The minimum absolute atomic E-state index is 0.109. The molecule has 1 amide bonds. The molecular weight excluding hydrogens is 434 g/mol. The lowest BCUT2D eigenvalue weighted by Crippen LogP contribution is -2.50. The van der Waals surface area contributed by atoms with Gasteiger partial charge >= 0.3 is 11.7 Å². The molecule has 0 fully saturated rings. The van der Waals surface area contributed by atoms with Gasteiger partial charge in [-0.1, -0.05) is 34.1 Å². The lowest BCUT2D eigenvalue weighted by atomic mass is 10.1. The topological polar surface area (TPSA) is 131 Å². The number of aromatic hydroxyl groups is 1. The van der Waals surface area contributed by atoms with Crippen LogP contribution in [-0.2, 0) is 16.9 Å². The number of carboxylic acids is 1. The fourth-order valence-corrected chi connectivity index (χ4v) is 3.02. The van der Waals surface area contributed by atoms with Crippen molar-refractivity contribution in [3.63, 3.8) is 0 Å². The van der Waals surface area contributed by atoms with Crippen LogP contribution in [0.4, 0.5) is 0 Å². The molecule has 10 heteroatoms. The lowest BCUT2D eigenvalue weighted by Gasteiger charge is -2.24. The van der Waals surface area contributed by atoms with Crippen molar-refractivity contribution < 1.29 is 19.8 Å². The van der Waals surface area contributed by atoms with Crippen LogP contribution >= 0.6 is 15.9 Å². The Morgan fingerprint density at radius 2 is 1.79 bits per heavy atom. The van der Waals surface area contributed by atoms with Crippen LogP contribution in [0.25, 0.3) is 0 Å². The number of halogens is 1. The van der Waals surface area contributed by atoms with E-state index in [1.54, 1.807) is 45.0 Å². The number of aromatic nitrogens is 2. The zero-order valence-electron chi connectivity index (χ0n) is 15.5. The molecule has 1 aromatic carbocycles. The average Bonchev–Trinajstić information content (AvgIpc) is 2.57. The van der Waals surface area contributed by atoms with Crippen molar-refractivity contribution in [2.24, 2.45) is 0 Å². The quantitative estimate of drug-likeness (QED) is 0.620. The summed E-state index contributed by atoms with van der Waals surface area (Å²) in [6.45, 7) is 3.97. The molecule has 1 aromatic heterocycles. The van der Waals surface area contributed by atoms with Crippen molar-refractivity contribution in [3.8, 4) is 5.88 Å². The molecule has 1 heterocycles. The van der Waals surface area contributed by atoms with Crippen molar-refractivity contribution in [2.45, 2.75) is 32.9 Å². The van der Waals surface area contributed by atoms with Crippen LogP contribution in [0.2, 0.25) is 0 Å². The van der Waals surface area contributed by atoms with Gasteiger partial charge in [0, 0.05) is 10.0 Å². The Kier molecular flexibility index (Phi) is 6.13. The van der Waals surface area contributed by atoms with Crippen molar-refractivity contribution >= 4 is 27.8 Å². The highest BCUT2D eigenvalue weighted by molar-refractivity contribution is 9.10. The predicted octanol–water partition coefficient (Wildman–Crippen LogP) is 1.10. The standard InChI is InChI=1S/C18H20BrN3O6/c1-18(2,3)22-16(27)13(14(25)20-8-12(23)24)15(26)21(17(22)28)9-10-6-4-5-7-11(10)19/h4-7,26H,8-9H2,1-3H3,(H,20,25)(H,23,24). The molecule has 0 saturated carbocycles. The molecule has 9 nitrogen and oxygen atoms in total. The zero-order chi connectivity index (χ0) is 21.2. The maximum absolute atomic E-state index is 12.9. The van der Waals surface area contributed by atoms with E-state index in [9.17, 15) is 24.3 Å². The van der Waals surface area contributed by atoms with Crippen LogP contribution in [0.3, 0.4) is 0 Å². The van der Waals surface area contributed by atoms with Crippen LogP contribution in [0, 0.1) is 0 Å². The molecule has 150 valence electrons. The van der Waals surface area contributed by atoms with Crippen LogP contribution in [0.1, 0.15) is 36.7 Å². The summed E-state index contributed by atoms with van der Waals surface area (Å²) in [5.41, 5.74) is -2.83. The molecule has 2 rings (SSSR count). The Morgan fingerprint density at radius 3 is 2.32 bits per heavy atom. The van der Waals surface area contributed by atoms with E-state index < -0.39 is 46.7 Å². The SMILES string of the molecule is CC(C)(C)n1c(=O)c(C(=O)NCC(=O)O)c(O)n(Cc2ccccc2Br)c1=O. The van der Waals surface area contributed by atoms with Gasteiger partial charge in [-0.15, -0.1) is 0 Å². The van der Waals surface area contributed by atoms with Crippen LogP contribution in [0.15, 0.2) is 38.3 Å². The zero-order valence-corrected chi connectivity index (χ0v) is 17.1. The third-order valence-corrected chi connectivity index (χ3v) is 4.68. The number of benzene rings is 1. The molecule has 0 aliphatic carbocycles. The Labute approximate surface area is 168 Å². The number of carbonyl (C=O) groups is 2. The normalized spacial score (nSPS) is 11.3. The van der Waals surface area contributed by atoms with Crippen LogP contribution in [0.5, 0.6) is 5.88 Å². The third-order valence-electron chi connectivity index (χ3n) is 3.90. The Balaban J connectivity index is 2.74. The fourth-order valence-electron chi connectivity index (χ4n) is 2.61. The molecule has 0 bridgehead atoms. The summed E-state index contributed by atoms with van der Waals surface area (Å²) in [4.78, 5) is 48.8. The molecule has 0 unspecified atom stereocenters. The second-order valence-electron chi connectivity index (χ2n) is 7.05. The van der Waals surface area contributed by atoms with Gasteiger partial charge in [-0.3, -0.25) is 23.5 Å². The molecule has 0 radical (unpaired) electrons. The summed E-state index contributed by atoms with van der Waals surface area (Å²) in [6, 6.07) is 6.98. The Morgan fingerprint density at radius 1 is 1.18 bits per heavy atom. The predicted molar refractivity (Wildman–Crippen MR) is 105 cm³/mol. The van der Waals surface area contributed by atoms with Crippen LogP contribution < -0.4 is 16.6 Å². The number of nitrogens with one attached hydrogen (secondary N) is 1.